The lowest BCUT2D eigenvalue weighted by molar-refractivity contribution is -0.118. The van der Waals surface area contributed by atoms with E-state index < -0.39 is 0 Å². The molecule has 2 aromatic rings. The second-order valence-electron chi connectivity index (χ2n) is 4.73. The van der Waals surface area contributed by atoms with Gasteiger partial charge in [-0.25, -0.2) is 0 Å². The Hall–Kier alpha value is -1.52. The van der Waals surface area contributed by atoms with Crippen molar-refractivity contribution in [2.75, 3.05) is 11.9 Å². The van der Waals surface area contributed by atoms with Crippen molar-refractivity contribution in [2.24, 2.45) is 0 Å². The van der Waals surface area contributed by atoms with E-state index in [0.717, 1.165) is 21.3 Å². The van der Waals surface area contributed by atoms with Gasteiger partial charge < -0.3 is 10.1 Å². The number of amides is 1. The van der Waals surface area contributed by atoms with Gasteiger partial charge in [-0.1, -0.05) is 23.7 Å². The van der Waals surface area contributed by atoms with Crippen molar-refractivity contribution in [1.29, 1.82) is 0 Å². The highest BCUT2D eigenvalue weighted by atomic mass is 79.9. The van der Waals surface area contributed by atoms with Crippen molar-refractivity contribution < 1.29 is 9.53 Å². The normalized spacial score (nSPS) is 10.3. The van der Waals surface area contributed by atoms with Gasteiger partial charge in [-0.15, -0.1) is 0 Å². The molecule has 110 valence electrons. The molecule has 0 atom stereocenters. The Morgan fingerprint density at radius 2 is 2.00 bits per heavy atom. The fraction of sp³-hybridized carbons (Fsp3) is 0.188. The highest BCUT2D eigenvalue weighted by Gasteiger charge is 2.07. The van der Waals surface area contributed by atoms with Crippen molar-refractivity contribution in [3.05, 3.63) is 57.0 Å². The standard InChI is InChI=1S/C16H15BrClNO2/c1-10-3-4-11(2)15(7-10)21-9-16(20)19-12-5-6-13(17)14(18)8-12/h3-8H,9H2,1-2H3,(H,19,20). The first-order valence-corrected chi connectivity index (χ1v) is 7.58. The molecule has 0 aromatic heterocycles. The van der Waals surface area contributed by atoms with E-state index in [-0.39, 0.29) is 12.5 Å². The largest absolute Gasteiger partial charge is 0.483 e. The summed E-state index contributed by atoms with van der Waals surface area (Å²) in [4.78, 5) is 11.9. The van der Waals surface area contributed by atoms with Gasteiger partial charge in [0.2, 0.25) is 0 Å². The molecule has 0 saturated carbocycles. The summed E-state index contributed by atoms with van der Waals surface area (Å²) >= 11 is 9.28. The minimum Gasteiger partial charge on any atom is -0.483 e. The summed E-state index contributed by atoms with van der Waals surface area (Å²) in [6.45, 7) is 3.88. The predicted molar refractivity (Wildman–Crippen MR) is 89.2 cm³/mol. The Balaban J connectivity index is 1.95. The van der Waals surface area contributed by atoms with Gasteiger partial charge in [0.25, 0.3) is 5.91 Å². The molecule has 0 saturated heterocycles. The molecular weight excluding hydrogens is 354 g/mol. The summed E-state index contributed by atoms with van der Waals surface area (Å²) in [5, 5.41) is 3.29. The van der Waals surface area contributed by atoms with E-state index in [0.29, 0.717) is 10.7 Å². The van der Waals surface area contributed by atoms with Gasteiger partial charge in [-0.05, 0) is 65.2 Å². The molecule has 0 aliphatic carbocycles. The van der Waals surface area contributed by atoms with Gasteiger partial charge in [0, 0.05) is 10.2 Å². The fourth-order valence-electron chi connectivity index (χ4n) is 1.78. The second kappa shape index (κ2) is 6.96. The van der Waals surface area contributed by atoms with E-state index >= 15 is 0 Å². The number of hydrogen-bond acceptors (Lipinski definition) is 2. The smallest absolute Gasteiger partial charge is 0.262 e. The molecule has 2 rings (SSSR count). The Morgan fingerprint density at radius 1 is 1.24 bits per heavy atom. The molecule has 0 aliphatic heterocycles. The summed E-state index contributed by atoms with van der Waals surface area (Å²) in [5.74, 6) is 0.494. The average molecular weight is 369 g/mol. The third kappa shape index (κ3) is 4.48. The van der Waals surface area contributed by atoms with Crippen molar-refractivity contribution in [3.8, 4) is 5.75 Å². The number of benzene rings is 2. The first-order chi connectivity index (χ1) is 9.95. The van der Waals surface area contributed by atoms with Gasteiger partial charge in [-0.2, -0.15) is 0 Å². The minimum absolute atomic E-state index is 0.0437. The third-order valence-corrected chi connectivity index (χ3v) is 4.14. The van der Waals surface area contributed by atoms with Gasteiger partial charge in [0.15, 0.2) is 6.61 Å². The van der Waals surface area contributed by atoms with E-state index in [2.05, 4.69) is 21.2 Å². The SMILES string of the molecule is Cc1ccc(C)c(OCC(=O)Nc2ccc(Br)c(Cl)c2)c1. The average Bonchev–Trinajstić information content (AvgIpc) is 2.44. The molecule has 1 N–H and O–H groups in total. The highest BCUT2D eigenvalue weighted by molar-refractivity contribution is 9.10. The Bertz CT molecular complexity index is 673. The van der Waals surface area contributed by atoms with Crippen LogP contribution in [0.5, 0.6) is 5.75 Å². The topological polar surface area (TPSA) is 38.3 Å². The summed E-state index contributed by atoms with van der Waals surface area (Å²) in [5.41, 5.74) is 2.73. The quantitative estimate of drug-likeness (QED) is 0.846. The van der Waals surface area contributed by atoms with Crippen LogP contribution in [0.25, 0.3) is 0 Å². The predicted octanol–water partition coefficient (Wildman–Crippen LogP) is 4.74. The van der Waals surface area contributed by atoms with E-state index in [4.69, 9.17) is 16.3 Å². The monoisotopic (exact) mass is 367 g/mol. The summed E-state index contributed by atoms with van der Waals surface area (Å²) < 4.78 is 6.34. The number of ether oxygens (including phenoxy) is 1. The van der Waals surface area contributed by atoms with Crippen LogP contribution >= 0.6 is 27.5 Å². The number of rotatable bonds is 4. The zero-order valence-corrected chi connectivity index (χ0v) is 14.1. The Labute approximate surface area is 137 Å². The van der Waals surface area contributed by atoms with Gasteiger partial charge >= 0.3 is 0 Å². The Kier molecular flexibility index (Phi) is 5.26. The lowest BCUT2D eigenvalue weighted by Crippen LogP contribution is -2.20. The van der Waals surface area contributed by atoms with Crippen LogP contribution in [0.3, 0.4) is 0 Å². The molecule has 0 bridgehead atoms. The van der Waals surface area contributed by atoms with Gasteiger partial charge in [0.05, 0.1) is 5.02 Å². The highest BCUT2D eigenvalue weighted by Crippen LogP contribution is 2.25. The van der Waals surface area contributed by atoms with Crippen molar-refractivity contribution in [3.63, 3.8) is 0 Å². The molecule has 0 unspecified atom stereocenters. The maximum Gasteiger partial charge on any atom is 0.262 e. The lowest BCUT2D eigenvalue weighted by Gasteiger charge is -2.10. The number of anilines is 1. The number of aryl methyl sites for hydroxylation is 2. The molecule has 0 aliphatic rings. The van der Waals surface area contributed by atoms with Gasteiger partial charge in [-0.3, -0.25) is 4.79 Å². The number of carbonyl (C=O) groups excluding carboxylic acids is 1. The van der Waals surface area contributed by atoms with Crippen LogP contribution in [0.2, 0.25) is 5.02 Å². The van der Waals surface area contributed by atoms with E-state index in [1.165, 1.54) is 0 Å². The van der Waals surface area contributed by atoms with Crippen LogP contribution in [-0.4, -0.2) is 12.5 Å². The van der Waals surface area contributed by atoms with Crippen LogP contribution in [-0.2, 0) is 4.79 Å². The molecule has 5 heteroatoms. The molecule has 0 fully saturated rings. The summed E-state index contributed by atoms with van der Waals surface area (Å²) in [7, 11) is 0. The van der Waals surface area contributed by atoms with E-state index in [9.17, 15) is 4.79 Å². The Morgan fingerprint density at radius 3 is 2.71 bits per heavy atom. The molecular formula is C16H15BrClNO2. The van der Waals surface area contributed by atoms with Crippen LogP contribution in [0.4, 0.5) is 5.69 Å². The maximum atomic E-state index is 11.9. The number of carbonyl (C=O) groups is 1. The van der Waals surface area contributed by atoms with Crippen LogP contribution in [0, 0.1) is 13.8 Å². The van der Waals surface area contributed by atoms with Crippen molar-refractivity contribution in [1.82, 2.24) is 0 Å². The number of nitrogens with one attached hydrogen (secondary N) is 1. The van der Waals surface area contributed by atoms with Crippen LogP contribution in [0.15, 0.2) is 40.9 Å². The van der Waals surface area contributed by atoms with Crippen molar-refractivity contribution in [2.45, 2.75) is 13.8 Å². The summed E-state index contributed by atoms with van der Waals surface area (Å²) in [6.07, 6.45) is 0. The number of halogens is 2. The molecule has 21 heavy (non-hydrogen) atoms. The minimum atomic E-state index is -0.228. The summed E-state index contributed by atoms with van der Waals surface area (Å²) in [6, 6.07) is 11.1. The number of hydrogen-bond donors (Lipinski definition) is 1. The maximum absolute atomic E-state index is 11.9. The molecule has 1 amide bonds. The zero-order valence-electron chi connectivity index (χ0n) is 11.7. The zero-order chi connectivity index (χ0) is 15.4. The van der Waals surface area contributed by atoms with Gasteiger partial charge in [0.1, 0.15) is 5.75 Å². The second-order valence-corrected chi connectivity index (χ2v) is 6.00. The fourth-order valence-corrected chi connectivity index (χ4v) is 2.20. The first kappa shape index (κ1) is 15.9. The van der Waals surface area contributed by atoms with E-state index in [1.54, 1.807) is 18.2 Å². The molecule has 0 heterocycles. The third-order valence-electron chi connectivity index (χ3n) is 2.91. The van der Waals surface area contributed by atoms with E-state index in [1.807, 2.05) is 32.0 Å². The molecule has 0 radical (unpaired) electrons. The molecule has 2 aromatic carbocycles. The van der Waals surface area contributed by atoms with Crippen LogP contribution < -0.4 is 10.1 Å². The van der Waals surface area contributed by atoms with Crippen LogP contribution in [0.1, 0.15) is 11.1 Å². The first-order valence-electron chi connectivity index (χ1n) is 6.40. The molecule has 0 spiro atoms. The lowest BCUT2D eigenvalue weighted by atomic mass is 10.1. The molecule has 3 nitrogen and oxygen atoms in total. The van der Waals surface area contributed by atoms with Crippen molar-refractivity contribution >= 4 is 39.1 Å².